The molecule has 5 heteroatoms. The Bertz CT molecular complexity index is 608. The van der Waals surface area contributed by atoms with Crippen molar-refractivity contribution < 1.29 is 17.9 Å². The number of hydrogen-bond donors (Lipinski definition) is 0. The first kappa shape index (κ1) is 18.1. The van der Waals surface area contributed by atoms with Crippen LogP contribution >= 0.6 is 11.6 Å². The molecule has 0 N–H and O–H groups in total. The van der Waals surface area contributed by atoms with E-state index in [9.17, 15) is 13.2 Å². The Morgan fingerprint density at radius 3 is 2.23 bits per heavy atom. The Balaban J connectivity index is 3.04. The maximum absolute atomic E-state index is 12.6. The summed E-state index contributed by atoms with van der Waals surface area (Å²) in [5.74, 6) is 0.704. The van der Waals surface area contributed by atoms with Crippen LogP contribution in [0.4, 0.5) is 13.2 Å². The Morgan fingerprint density at radius 2 is 1.77 bits per heavy atom. The molecule has 0 spiro atoms. The Kier molecular flexibility index (Phi) is 6.50. The highest BCUT2D eigenvalue weighted by Gasteiger charge is 2.29. The zero-order valence-corrected chi connectivity index (χ0v) is 13.0. The van der Waals surface area contributed by atoms with Crippen LogP contribution in [0.25, 0.3) is 6.08 Å². The molecule has 0 radical (unpaired) electrons. The number of methoxy groups -OCH3 is 1. The van der Waals surface area contributed by atoms with Gasteiger partial charge in [0.05, 0.1) is 7.11 Å². The van der Waals surface area contributed by atoms with Gasteiger partial charge in [0.25, 0.3) is 0 Å². The lowest BCUT2D eigenvalue weighted by Crippen LogP contribution is -2.08. The molecule has 0 amide bonds. The summed E-state index contributed by atoms with van der Waals surface area (Å²) >= 11 is 5.66. The average Bonchev–Trinajstić information content (AvgIpc) is 2.43. The third-order valence-electron chi connectivity index (χ3n) is 2.74. The van der Waals surface area contributed by atoms with Gasteiger partial charge in [-0.25, -0.2) is 0 Å². The molecular formula is C17H16ClF3O. The molecule has 0 saturated heterocycles. The standard InChI is InChI=1S/C17H16ClF3O/c1-12(17(19,20)21)10-15(11-13(2)18)5-4-14-6-8-16(22-3)9-7-14/h4-11H,2H2,1,3H3/b5-4+,12-10+,15-11-. The lowest BCUT2D eigenvalue weighted by molar-refractivity contribution is -0.0913. The number of allylic oxidation sites excluding steroid dienone is 6. The molecule has 1 aromatic rings. The van der Waals surface area contributed by atoms with Crippen LogP contribution < -0.4 is 4.74 Å². The van der Waals surface area contributed by atoms with Crippen LogP contribution in [0.3, 0.4) is 0 Å². The van der Waals surface area contributed by atoms with E-state index < -0.39 is 11.7 Å². The number of benzene rings is 1. The molecule has 0 aromatic heterocycles. The highest BCUT2D eigenvalue weighted by atomic mass is 35.5. The Labute approximate surface area is 133 Å². The van der Waals surface area contributed by atoms with E-state index in [2.05, 4.69) is 6.58 Å². The van der Waals surface area contributed by atoms with E-state index in [-0.39, 0.29) is 5.03 Å². The van der Waals surface area contributed by atoms with Gasteiger partial charge in [0.1, 0.15) is 5.75 Å². The fourth-order valence-corrected chi connectivity index (χ4v) is 1.68. The summed E-state index contributed by atoms with van der Waals surface area (Å²) in [7, 11) is 1.56. The van der Waals surface area contributed by atoms with E-state index in [0.717, 1.165) is 18.6 Å². The van der Waals surface area contributed by atoms with Gasteiger partial charge in [0.15, 0.2) is 0 Å². The molecule has 1 rings (SSSR count). The minimum Gasteiger partial charge on any atom is -0.497 e. The lowest BCUT2D eigenvalue weighted by Gasteiger charge is -2.06. The molecule has 22 heavy (non-hydrogen) atoms. The predicted molar refractivity (Wildman–Crippen MR) is 84.9 cm³/mol. The van der Waals surface area contributed by atoms with Gasteiger partial charge < -0.3 is 4.74 Å². The van der Waals surface area contributed by atoms with Crippen molar-refractivity contribution >= 4 is 17.7 Å². The van der Waals surface area contributed by atoms with Gasteiger partial charge in [-0.1, -0.05) is 42.5 Å². The highest BCUT2D eigenvalue weighted by Crippen LogP contribution is 2.26. The van der Waals surface area contributed by atoms with Crippen LogP contribution in [0.1, 0.15) is 12.5 Å². The van der Waals surface area contributed by atoms with Gasteiger partial charge >= 0.3 is 6.18 Å². The fraction of sp³-hybridized carbons (Fsp3) is 0.176. The summed E-state index contributed by atoms with van der Waals surface area (Å²) in [6, 6.07) is 7.12. The maximum atomic E-state index is 12.6. The van der Waals surface area contributed by atoms with Gasteiger partial charge in [0.2, 0.25) is 0 Å². The minimum absolute atomic E-state index is 0.153. The first-order valence-corrected chi connectivity index (χ1v) is 6.74. The van der Waals surface area contributed by atoms with E-state index in [4.69, 9.17) is 16.3 Å². The topological polar surface area (TPSA) is 9.23 Å². The van der Waals surface area contributed by atoms with Crippen molar-refractivity contribution in [2.24, 2.45) is 0 Å². The van der Waals surface area contributed by atoms with Crippen molar-refractivity contribution in [2.45, 2.75) is 13.1 Å². The molecular weight excluding hydrogens is 313 g/mol. The third kappa shape index (κ3) is 6.22. The molecule has 0 fully saturated rings. The second-order valence-corrected chi connectivity index (χ2v) is 5.01. The van der Waals surface area contributed by atoms with Crippen molar-refractivity contribution in [1.29, 1.82) is 0 Å². The van der Waals surface area contributed by atoms with Crippen molar-refractivity contribution in [1.82, 2.24) is 0 Å². The van der Waals surface area contributed by atoms with Crippen LogP contribution in [0, 0.1) is 0 Å². The van der Waals surface area contributed by atoms with Gasteiger partial charge in [-0.3, -0.25) is 0 Å². The molecule has 0 aliphatic rings. The summed E-state index contributed by atoms with van der Waals surface area (Å²) in [5.41, 5.74) is 0.423. The molecule has 0 saturated carbocycles. The molecule has 118 valence electrons. The van der Waals surface area contributed by atoms with E-state index in [1.165, 1.54) is 6.08 Å². The fourth-order valence-electron chi connectivity index (χ4n) is 1.56. The van der Waals surface area contributed by atoms with E-state index in [1.54, 1.807) is 43.5 Å². The molecule has 0 aliphatic carbocycles. The van der Waals surface area contributed by atoms with Crippen molar-refractivity contribution in [3.63, 3.8) is 0 Å². The number of alkyl halides is 3. The maximum Gasteiger partial charge on any atom is 0.412 e. The first-order valence-electron chi connectivity index (χ1n) is 6.36. The smallest absolute Gasteiger partial charge is 0.412 e. The minimum atomic E-state index is -4.37. The number of ether oxygens (including phenoxy) is 1. The molecule has 0 heterocycles. The largest absolute Gasteiger partial charge is 0.497 e. The van der Waals surface area contributed by atoms with Gasteiger partial charge in [-0.05, 0) is 42.3 Å². The number of halogens is 4. The van der Waals surface area contributed by atoms with Crippen LogP contribution in [0.2, 0.25) is 0 Å². The normalized spacial score (nSPS) is 13.5. The second kappa shape index (κ2) is 7.90. The van der Waals surface area contributed by atoms with E-state index in [1.807, 2.05) is 0 Å². The highest BCUT2D eigenvalue weighted by molar-refractivity contribution is 6.30. The van der Waals surface area contributed by atoms with Crippen molar-refractivity contribution in [3.8, 4) is 5.75 Å². The zero-order valence-electron chi connectivity index (χ0n) is 12.2. The van der Waals surface area contributed by atoms with Crippen LogP contribution in [0.15, 0.2) is 65.3 Å². The molecule has 0 unspecified atom stereocenters. The molecule has 0 bridgehead atoms. The zero-order chi connectivity index (χ0) is 16.8. The van der Waals surface area contributed by atoms with Crippen molar-refractivity contribution in [3.05, 3.63) is 70.8 Å². The molecule has 1 nitrogen and oxygen atoms in total. The Morgan fingerprint density at radius 1 is 1.18 bits per heavy atom. The summed E-state index contributed by atoms with van der Waals surface area (Å²) < 4.78 is 42.9. The van der Waals surface area contributed by atoms with Crippen LogP contribution in [0.5, 0.6) is 5.75 Å². The summed E-state index contributed by atoms with van der Waals surface area (Å²) in [6.07, 6.45) is 1.25. The summed E-state index contributed by atoms with van der Waals surface area (Å²) in [5, 5.41) is 0.153. The molecule has 0 aliphatic heterocycles. The second-order valence-electron chi connectivity index (χ2n) is 4.52. The van der Waals surface area contributed by atoms with Gasteiger partial charge in [0, 0.05) is 10.6 Å². The summed E-state index contributed by atoms with van der Waals surface area (Å²) in [6.45, 7) is 4.48. The number of hydrogen-bond acceptors (Lipinski definition) is 1. The molecule has 1 aromatic carbocycles. The predicted octanol–water partition coefficient (Wildman–Crippen LogP) is 5.90. The van der Waals surface area contributed by atoms with Gasteiger partial charge in [-0.15, -0.1) is 0 Å². The summed E-state index contributed by atoms with van der Waals surface area (Å²) in [4.78, 5) is 0. The van der Waals surface area contributed by atoms with E-state index in [0.29, 0.717) is 11.3 Å². The molecule has 0 atom stereocenters. The monoisotopic (exact) mass is 328 g/mol. The van der Waals surface area contributed by atoms with Crippen molar-refractivity contribution in [2.75, 3.05) is 7.11 Å². The number of rotatable bonds is 5. The quantitative estimate of drug-likeness (QED) is 0.612. The van der Waals surface area contributed by atoms with Gasteiger partial charge in [-0.2, -0.15) is 13.2 Å². The van der Waals surface area contributed by atoms with Crippen LogP contribution in [-0.4, -0.2) is 13.3 Å². The average molecular weight is 329 g/mol. The van der Waals surface area contributed by atoms with Crippen LogP contribution in [-0.2, 0) is 0 Å². The van der Waals surface area contributed by atoms with E-state index >= 15 is 0 Å². The third-order valence-corrected chi connectivity index (χ3v) is 2.85. The SMILES string of the molecule is C=C(Cl)/C=C(/C=C/c1ccc(OC)cc1)\C=C(/C)C(F)(F)F. The lowest BCUT2D eigenvalue weighted by atomic mass is 10.1. The Hall–Kier alpha value is -1.94. The first-order chi connectivity index (χ1) is 10.2.